The quantitative estimate of drug-likeness (QED) is 0.873. The minimum Gasteiger partial charge on any atom is -0.489 e. The molecule has 0 unspecified atom stereocenters. The lowest BCUT2D eigenvalue weighted by atomic mass is 10.1. The Morgan fingerprint density at radius 2 is 1.75 bits per heavy atom. The zero-order valence-electron chi connectivity index (χ0n) is 10.7. The van der Waals surface area contributed by atoms with E-state index in [-0.39, 0.29) is 0 Å². The fraction of sp³-hybridized carbons (Fsp3) is 0.125. The molecule has 2 N–H and O–H groups in total. The molecule has 0 amide bonds. The van der Waals surface area contributed by atoms with Gasteiger partial charge in [-0.05, 0) is 29.8 Å². The topological polar surface area (TPSA) is 35.2 Å². The van der Waals surface area contributed by atoms with Gasteiger partial charge in [0.05, 0.1) is 16.6 Å². The maximum absolute atomic E-state index is 5.93. The summed E-state index contributed by atoms with van der Waals surface area (Å²) in [7, 11) is 0. The molecule has 0 saturated carbocycles. The number of halogens is 2. The lowest BCUT2D eigenvalue weighted by Gasteiger charge is -2.07. The molecule has 0 aliphatic carbocycles. The van der Waals surface area contributed by atoms with Gasteiger partial charge < -0.3 is 10.5 Å². The van der Waals surface area contributed by atoms with E-state index in [2.05, 4.69) is 11.8 Å². The molecular formula is C16H13Cl2NO. The van der Waals surface area contributed by atoms with E-state index in [1.807, 2.05) is 24.3 Å². The van der Waals surface area contributed by atoms with E-state index in [9.17, 15) is 0 Å². The number of nitrogens with two attached hydrogens (primary N) is 1. The number of hydrogen-bond donors (Lipinski definition) is 1. The molecule has 0 aliphatic heterocycles. The van der Waals surface area contributed by atoms with Crippen LogP contribution < -0.4 is 10.5 Å². The van der Waals surface area contributed by atoms with Crippen molar-refractivity contribution in [1.29, 1.82) is 0 Å². The first-order chi connectivity index (χ1) is 9.69. The highest BCUT2D eigenvalue weighted by Gasteiger charge is 2.01. The Morgan fingerprint density at radius 3 is 2.40 bits per heavy atom. The molecule has 4 heteroatoms. The van der Waals surface area contributed by atoms with E-state index in [0.717, 1.165) is 11.1 Å². The first-order valence-electron chi connectivity index (χ1n) is 6.05. The second kappa shape index (κ2) is 7.21. The summed E-state index contributed by atoms with van der Waals surface area (Å²) in [5, 5.41) is 0.999. The van der Waals surface area contributed by atoms with Gasteiger partial charge in [0, 0.05) is 11.6 Å². The molecule has 20 heavy (non-hydrogen) atoms. The fourth-order valence-corrected chi connectivity index (χ4v) is 1.86. The molecule has 102 valence electrons. The van der Waals surface area contributed by atoms with E-state index in [1.54, 1.807) is 18.2 Å². The van der Waals surface area contributed by atoms with E-state index < -0.39 is 0 Å². The van der Waals surface area contributed by atoms with Crippen LogP contribution in [-0.2, 0) is 6.61 Å². The summed E-state index contributed by atoms with van der Waals surface area (Å²) in [5.74, 6) is 6.47. The van der Waals surface area contributed by atoms with Crippen molar-refractivity contribution in [1.82, 2.24) is 0 Å². The lowest BCUT2D eigenvalue weighted by Crippen LogP contribution is -1.95. The van der Waals surface area contributed by atoms with Crippen molar-refractivity contribution in [3.8, 4) is 17.6 Å². The Bertz CT molecular complexity index is 642. The van der Waals surface area contributed by atoms with Crippen LogP contribution in [-0.4, -0.2) is 6.54 Å². The third kappa shape index (κ3) is 4.18. The number of hydrogen-bond acceptors (Lipinski definition) is 2. The third-order valence-corrected chi connectivity index (χ3v) is 3.32. The molecule has 0 saturated heterocycles. The summed E-state index contributed by atoms with van der Waals surface area (Å²) in [6.45, 7) is 0.824. The first-order valence-corrected chi connectivity index (χ1v) is 6.80. The SMILES string of the molecule is NCC#Cc1ccc(COc2ccc(Cl)c(Cl)c2)cc1. The molecule has 0 aromatic heterocycles. The molecule has 2 nitrogen and oxygen atoms in total. The van der Waals surface area contributed by atoms with Gasteiger partial charge in [-0.15, -0.1) is 0 Å². The number of benzene rings is 2. The molecule has 0 bridgehead atoms. The molecular weight excluding hydrogens is 293 g/mol. The van der Waals surface area contributed by atoms with Crippen LogP contribution >= 0.6 is 23.2 Å². The second-order valence-electron chi connectivity index (χ2n) is 4.07. The molecule has 2 aromatic rings. The minimum absolute atomic E-state index is 0.363. The van der Waals surface area contributed by atoms with Crippen molar-refractivity contribution in [2.75, 3.05) is 6.54 Å². The highest BCUT2D eigenvalue weighted by molar-refractivity contribution is 6.42. The van der Waals surface area contributed by atoms with Crippen molar-refractivity contribution in [3.05, 3.63) is 63.6 Å². The smallest absolute Gasteiger partial charge is 0.121 e. The maximum Gasteiger partial charge on any atom is 0.121 e. The molecule has 0 aliphatic rings. The van der Waals surface area contributed by atoms with Crippen molar-refractivity contribution in [2.45, 2.75) is 6.61 Å². The molecule has 2 rings (SSSR count). The van der Waals surface area contributed by atoms with Crippen LogP contribution in [0.2, 0.25) is 10.0 Å². The Labute approximate surface area is 128 Å². The highest BCUT2D eigenvalue weighted by atomic mass is 35.5. The van der Waals surface area contributed by atoms with E-state index in [0.29, 0.717) is 28.9 Å². The van der Waals surface area contributed by atoms with Crippen LogP contribution in [0, 0.1) is 11.8 Å². The summed E-state index contributed by atoms with van der Waals surface area (Å²) in [6.07, 6.45) is 0. The fourth-order valence-electron chi connectivity index (χ4n) is 1.57. The largest absolute Gasteiger partial charge is 0.489 e. The number of ether oxygens (including phenoxy) is 1. The minimum atomic E-state index is 0.363. The van der Waals surface area contributed by atoms with Gasteiger partial charge in [-0.3, -0.25) is 0 Å². The first kappa shape index (κ1) is 14.7. The van der Waals surface area contributed by atoms with Gasteiger partial charge in [-0.1, -0.05) is 47.2 Å². The monoisotopic (exact) mass is 305 g/mol. The van der Waals surface area contributed by atoms with Gasteiger partial charge in [-0.2, -0.15) is 0 Å². The molecule has 0 radical (unpaired) electrons. The van der Waals surface area contributed by atoms with E-state index in [1.165, 1.54) is 0 Å². The van der Waals surface area contributed by atoms with Gasteiger partial charge in [-0.25, -0.2) is 0 Å². The van der Waals surface area contributed by atoms with E-state index >= 15 is 0 Å². The summed E-state index contributed by atoms with van der Waals surface area (Å²) in [5.41, 5.74) is 7.32. The Hall–Kier alpha value is -1.66. The molecule has 2 aromatic carbocycles. The van der Waals surface area contributed by atoms with Gasteiger partial charge >= 0.3 is 0 Å². The second-order valence-corrected chi connectivity index (χ2v) is 4.88. The van der Waals surface area contributed by atoms with Crippen LogP contribution in [0.3, 0.4) is 0 Å². The average Bonchev–Trinajstić information content (AvgIpc) is 2.47. The highest BCUT2D eigenvalue weighted by Crippen LogP contribution is 2.26. The van der Waals surface area contributed by atoms with Crippen LogP contribution in [0.4, 0.5) is 0 Å². The van der Waals surface area contributed by atoms with Gasteiger partial charge in [0.25, 0.3) is 0 Å². The predicted molar refractivity (Wildman–Crippen MR) is 83.2 cm³/mol. The summed E-state index contributed by atoms with van der Waals surface area (Å²) in [6, 6.07) is 13.0. The zero-order valence-corrected chi connectivity index (χ0v) is 12.2. The molecule has 0 fully saturated rings. The van der Waals surface area contributed by atoms with Crippen LogP contribution in [0.25, 0.3) is 0 Å². The van der Waals surface area contributed by atoms with Crippen LogP contribution in [0.15, 0.2) is 42.5 Å². The van der Waals surface area contributed by atoms with Crippen molar-refractivity contribution < 1.29 is 4.74 Å². The summed E-state index contributed by atoms with van der Waals surface area (Å²) in [4.78, 5) is 0. The number of rotatable bonds is 3. The van der Waals surface area contributed by atoms with Gasteiger partial charge in [0.15, 0.2) is 0 Å². The molecule has 0 heterocycles. The predicted octanol–water partition coefficient (Wildman–Crippen LogP) is 3.88. The van der Waals surface area contributed by atoms with E-state index in [4.69, 9.17) is 33.7 Å². The normalized spacial score (nSPS) is 9.75. The average molecular weight is 306 g/mol. The van der Waals surface area contributed by atoms with Crippen molar-refractivity contribution >= 4 is 23.2 Å². The Balaban J connectivity index is 1.98. The molecule has 0 atom stereocenters. The molecule has 0 spiro atoms. The van der Waals surface area contributed by atoms with Crippen LogP contribution in [0.1, 0.15) is 11.1 Å². The van der Waals surface area contributed by atoms with Crippen molar-refractivity contribution in [3.63, 3.8) is 0 Å². The third-order valence-electron chi connectivity index (χ3n) is 2.59. The van der Waals surface area contributed by atoms with Crippen LogP contribution in [0.5, 0.6) is 5.75 Å². The summed E-state index contributed by atoms with van der Waals surface area (Å²) < 4.78 is 5.65. The van der Waals surface area contributed by atoms with Crippen molar-refractivity contribution in [2.24, 2.45) is 5.73 Å². The van der Waals surface area contributed by atoms with Gasteiger partial charge in [0.2, 0.25) is 0 Å². The van der Waals surface area contributed by atoms with Gasteiger partial charge in [0.1, 0.15) is 12.4 Å². The maximum atomic E-state index is 5.93. The summed E-state index contributed by atoms with van der Waals surface area (Å²) >= 11 is 11.8. The lowest BCUT2D eigenvalue weighted by molar-refractivity contribution is 0.306. The standard InChI is InChI=1S/C16H13Cl2NO/c17-15-8-7-14(10-16(15)18)20-11-13-5-3-12(4-6-13)2-1-9-19/h3-8,10H,9,11,19H2. The zero-order chi connectivity index (χ0) is 14.4. The Morgan fingerprint density at radius 1 is 1.00 bits per heavy atom. The Kier molecular flexibility index (Phi) is 5.31.